The molecule has 1 aromatic carbocycles. The Morgan fingerprint density at radius 1 is 1.41 bits per heavy atom. The Balaban J connectivity index is 1.51. The van der Waals surface area contributed by atoms with E-state index in [9.17, 15) is 9.18 Å². The molecule has 1 saturated heterocycles. The summed E-state index contributed by atoms with van der Waals surface area (Å²) in [6, 6.07) is 6.52. The van der Waals surface area contributed by atoms with E-state index in [2.05, 4.69) is 10.2 Å². The summed E-state index contributed by atoms with van der Waals surface area (Å²) in [4.78, 5) is 14.2. The summed E-state index contributed by atoms with van der Waals surface area (Å²) >= 11 is 3.12. The van der Waals surface area contributed by atoms with Gasteiger partial charge in [0.25, 0.3) is 0 Å². The maximum absolute atomic E-state index is 13.0. The minimum atomic E-state index is -0.246. The third kappa shape index (κ3) is 3.47. The van der Waals surface area contributed by atoms with E-state index in [1.807, 2.05) is 11.8 Å². The lowest BCUT2D eigenvalue weighted by Gasteiger charge is -2.41. The molecule has 0 saturated carbocycles. The van der Waals surface area contributed by atoms with Crippen LogP contribution in [-0.2, 0) is 4.79 Å². The molecule has 0 N–H and O–H groups in total. The molecule has 1 amide bonds. The van der Waals surface area contributed by atoms with E-state index < -0.39 is 0 Å². The first-order chi connectivity index (χ1) is 10.6. The maximum Gasteiger partial charge on any atom is 0.223 e. The molecule has 1 atom stereocenters. The molecule has 0 radical (unpaired) electrons. The maximum atomic E-state index is 13.0. The van der Waals surface area contributed by atoms with Gasteiger partial charge in [0.05, 0.1) is 6.04 Å². The van der Waals surface area contributed by atoms with Gasteiger partial charge in [0.2, 0.25) is 5.91 Å². The zero-order valence-electron chi connectivity index (χ0n) is 12.2. The SMILES string of the molecule is Cc1nnc(SCCC(=O)N2CCC2c2ccc(F)cc2)s1. The molecule has 1 aliphatic heterocycles. The third-order valence-electron chi connectivity index (χ3n) is 3.64. The molecule has 3 rings (SSSR count). The van der Waals surface area contributed by atoms with Gasteiger partial charge >= 0.3 is 0 Å². The first-order valence-electron chi connectivity index (χ1n) is 7.11. The monoisotopic (exact) mass is 337 g/mol. The summed E-state index contributed by atoms with van der Waals surface area (Å²) in [5, 5.41) is 8.93. The van der Waals surface area contributed by atoms with E-state index in [-0.39, 0.29) is 17.8 Å². The molecular weight excluding hydrogens is 321 g/mol. The van der Waals surface area contributed by atoms with Crippen molar-refractivity contribution in [2.45, 2.75) is 30.1 Å². The van der Waals surface area contributed by atoms with Crippen LogP contribution in [0.1, 0.15) is 29.5 Å². The van der Waals surface area contributed by atoms with Gasteiger partial charge in [0.1, 0.15) is 10.8 Å². The van der Waals surface area contributed by atoms with Crippen molar-refractivity contribution in [3.05, 3.63) is 40.7 Å². The smallest absolute Gasteiger partial charge is 0.223 e. The Hall–Kier alpha value is -1.47. The molecule has 0 bridgehead atoms. The first-order valence-corrected chi connectivity index (χ1v) is 8.91. The molecule has 2 heterocycles. The predicted octanol–water partition coefficient (Wildman–Crippen LogP) is 3.44. The number of nitrogens with zero attached hydrogens (tertiary/aromatic N) is 3. The highest BCUT2D eigenvalue weighted by Crippen LogP contribution is 2.34. The Kier molecular flexibility index (Phi) is 4.73. The molecule has 1 fully saturated rings. The Morgan fingerprint density at radius 2 is 2.18 bits per heavy atom. The summed E-state index contributed by atoms with van der Waals surface area (Å²) in [6.07, 6.45) is 1.43. The van der Waals surface area contributed by atoms with Gasteiger partial charge in [-0.15, -0.1) is 10.2 Å². The number of hydrogen-bond donors (Lipinski definition) is 0. The van der Waals surface area contributed by atoms with Crippen LogP contribution in [0.2, 0.25) is 0 Å². The summed E-state index contributed by atoms with van der Waals surface area (Å²) < 4.78 is 13.9. The van der Waals surface area contributed by atoms with Crippen LogP contribution in [0.25, 0.3) is 0 Å². The predicted molar refractivity (Wildman–Crippen MR) is 85.5 cm³/mol. The number of thioether (sulfide) groups is 1. The fourth-order valence-corrected chi connectivity index (χ4v) is 4.24. The highest BCUT2D eigenvalue weighted by molar-refractivity contribution is 8.01. The van der Waals surface area contributed by atoms with Gasteiger partial charge in [-0.25, -0.2) is 4.39 Å². The van der Waals surface area contributed by atoms with Crippen molar-refractivity contribution in [1.82, 2.24) is 15.1 Å². The Bertz CT molecular complexity index is 659. The molecule has 4 nitrogen and oxygen atoms in total. The Labute approximate surface area is 136 Å². The minimum Gasteiger partial charge on any atom is -0.335 e. The molecule has 2 aromatic rings. The van der Waals surface area contributed by atoms with Gasteiger partial charge < -0.3 is 4.90 Å². The van der Waals surface area contributed by atoms with Crippen molar-refractivity contribution >= 4 is 29.0 Å². The standard InChI is InChI=1S/C15H16FN3OS2/c1-10-17-18-15(22-10)21-9-7-14(20)19-8-6-13(19)11-2-4-12(16)5-3-11/h2-5,13H,6-9H2,1H3. The van der Waals surface area contributed by atoms with Crippen molar-refractivity contribution in [2.75, 3.05) is 12.3 Å². The fourth-order valence-electron chi connectivity index (χ4n) is 2.42. The number of halogens is 1. The van der Waals surface area contributed by atoms with Crippen molar-refractivity contribution in [3.8, 4) is 0 Å². The van der Waals surface area contributed by atoms with Gasteiger partial charge in [-0.1, -0.05) is 35.2 Å². The minimum absolute atomic E-state index is 0.0990. The van der Waals surface area contributed by atoms with E-state index in [0.29, 0.717) is 12.2 Å². The number of aromatic nitrogens is 2. The van der Waals surface area contributed by atoms with E-state index in [1.54, 1.807) is 35.2 Å². The number of hydrogen-bond acceptors (Lipinski definition) is 5. The van der Waals surface area contributed by atoms with Gasteiger partial charge in [-0.3, -0.25) is 4.79 Å². The molecule has 0 spiro atoms. The van der Waals surface area contributed by atoms with Gasteiger partial charge in [-0.2, -0.15) is 0 Å². The van der Waals surface area contributed by atoms with Crippen LogP contribution >= 0.6 is 23.1 Å². The van der Waals surface area contributed by atoms with Crippen LogP contribution in [0.3, 0.4) is 0 Å². The van der Waals surface area contributed by atoms with Crippen molar-refractivity contribution in [3.63, 3.8) is 0 Å². The van der Waals surface area contributed by atoms with Crippen LogP contribution in [0.5, 0.6) is 0 Å². The summed E-state index contributed by atoms with van der Waals surface area (Å²) in [5.41, 5.74) is 1.01. The second kappa shape index (κ2) is 6.75. The van der Waals surface area contributed by atoms with Crippen LogP contribution in [0.15, 0.2) is 28.6 Å². The Morgan fingerprint density at radius 3 is 2.77 bits per heavy atom. The summed E-state index contributed by atoms with van der Waals surface area (Å²) in [6.45, 7) is 2.70. The zero-order chi connectivity index (χ0) is 15.5. The molecule has 0 aliphatic carbocycles. The van der Waals surface area contributed by atoms with Gasteiger partial charge in [0, 0.05) is 18.7 Å². The molecule has 1 aliphatic rings. The number of benzene rings is 1. The second-order valence-corrected chi connectivity index (χ2v) is 7.65. The lowest BCUT2D eigenvalue weighted by molar-refractivity contribution is -0.138. The normalized spacial score (nSPS) is 17.4. The quantitative estimate of drug-likeness (QED) is 0.784. The largest absolute Gasteiger partial charge is 0.335 e. The average Bonchev–Trinajstić information content (AvgIpc) is 2.86. The lowest BCUT2D eigenvalue weighted by atomic mass is 9.94. The van der Waals surface area contributed by atoms with Crippen molar-refractivity contribution in [2.24, 2.45) is 0 Å². The number of carbonyl (C=O) groups excluding carboxylic acids is 1. The zero-order valence-corrected chi connectivity index (χ0v) is 13.8. The second-order valence-electron chi connectivity index (χ2n) is 5.13. The van der Waals surface area contributed by atoms with Gasteiger partial charge in [-0.05, 0) is 31.0 Å². The van der Waals surface area contributed by atoms with Crippen molar-refractivity contribution in [1.29, 1.82) is 0 Å². The van der Waals surface area contributed by atoms with Crippen LogP contribution in [-0.4, -0.2) is 33.3 Å². The molecule has 116 valence electrons. The molecular formula is C15H16FN3OS2. The van der Waals surface area contributed by atoms with Crippen molar-refractivity contribution < 1.29 is 9.18 Å². The van der Waals surface area contributed by atoms with Crippen LogP contribution in [0.4, 0.5) is 4.39 Å². The highest BCUT2D eigenvalue weighted by atomic mass is 32.2. The number of rotatable bonds is 5. The molecule has 1 aromatic heterocycles. The van der Waals surface area contributed by atoms with Crippen LogP contribution < -0.4 is 0 Å². The molecule has 7 heteroatoms. The lowest BCUT2D eigenvalue weighted by Crippen LogP contribution is -2.45. The number of aryl methyl sites for hydroxylation is 1. The molecule has 1 unspecified atom stereocenters. The summed E-state index contributed by atoms with van der Waals surface area (Å²) in [7, 11) is 0. The molecule has 22 heavy (non-hydrogen) atoms. The summed E-state index contributed by atoms with van der Waals surface area (Å²) in [5.74, 6) is 0.610. The van der Waals surface area contributed by atoms with E-state index in [0.717, 1.165) is 27.9 Å². The number of carbonyl (C=O) groups is 1. The highest BCUT2D eigenvalue weighted by Gasteiger charge is 2.32. The number of likely N-dealkylation sites (tertiary alicyclic amines) is 1. The van der Waals surface area contributed by atoms with E-state index in [4.69, 9.17) is 0 Å². The third-order valence-corrected chi connectivity index (χ3v) is 5.62. The average molecular weight is 337 g/mol. The van der Waals surface area contributed by atoms with E-state index in [1.165, 1.54) is 12.1 Å². The van der Waals surface area contributed by atoms with Crippen LogP contribution in [0, 0.1) is 12.7 Å². The first kappa shape index (κ1) is 15.4. The van der Waals surface area contributed by atoms with Gasteiger partial charge in [0.15, 0.2) is 4.34 Å². The topological polar surface area (TPSA) is 46.1 Å². The van der Waals surface area contributed by atoms with E-state index >= 15 is 0 Å². The fraction of sp³-hybridized carbons (Fsp3) is 0.400. The number of amides is 1.